The number of piperazine rings is 1. The monoisotopic (exact) mass is 274 g/mol. The normalized spacial score (nSPS) is 22.9. The maximum atomic E-state index is 5.63. The molecule has 0 amide bonds. The van der Waals surface area contributed by atoms with Gasteiger partial charge in [-0.25, -0.2) is 0 Å². The van der Waals surface area contributed by atoms with E-state index in [4.69, 9.17) is 4.74 Å². The Labute approximate surface area is 122 Å². The number of hydrogen-bond acceptors (Lipinski definition) is 3. The average Bonchev–Trinajstić information content (AvgIpc) is 3.03. The Hall–Kier alpha value is -1.06. The highest BCUT2D eigenvalue weighted by molar-refractivity contribution is 5.36. The van der Waals surface area contributed by atoms with E-state index in [2.05, 4.69) is 34.5 Å². The third kappa shape index (κ3) is 2.84. The van der Waals surface area contributed by atoms with Crippen molar-refractivity contribution in [3.63, 3.8) is 0 Å². The molecule has 2 aliphatic rings. The highest BCUT2D eigenvalue weighted by Crippen LogP contribution is 2.42. The fourth-order valence-corrected chi connectivity index (χ4v) is 3.89. The van der Waals surface area contributed by atoms with Crippen LogP contribution in [0.4, 0.5) is 0 Å². The van der Waals surface area contributed by atoms with E-state index in [1.165, 1.54) is 31.2 Å². The minimum absolute atomic E-state index is 0.538. The van der Waals surface area contributed by atoms with E-state index >= 15 is 0 Å². The first-order valence-corrected chi connectivity index (χ1v) is 7.98. The van der Waals surface area contributed by atoms with E-state index in [0.29, 0.717) is 6.04 Å². The Bertz CT molecular complexity index is 423. The molecule has 0 aromatic heterocycles. The first kappa shape index (κ1) is 13.9. The van der Waals surface area contributed by atoms with Crippen LogP contribution in [0.2, 0.25) is 0 Å². The Kier molecular flexibility index (Phi) is 4.58. The standard InChI is InChI=1S/C17H26N2O/c1-20-16-9-5-4-8-15(16)17(14-6-2-3-7-14)19-12-10-18-11-13-19/h4-5,8-9,14,17-18H,2-3,6-7,10-13H2,1H3/t17-/m0/s1. The van der Waals surface area contributed by atoms with Gasteiger partial charge in [0.15, 0.2) is 0 Å². The van der Waals surface area contributed by atoms with Crippen molar-refractivity contribution >= 4 is 0 Å². The lowest BCUT2D eigenvalue weighted by Gasteiger charge is -2.39. The van der Waals surface area contributed by atoms with E-state index in [1.807, 2.05) is 0 Å². The molecular weight excluding hydrogens is 248 g/mol. The maximum Gasteiger partial charge on any atom is 0.123 e. The van der Waals surface area contributed by atoms with Crippen LogP contribution < -0.4 is 10.1 Å². The van der Waals surface area contributed by atoms with Crippen LogP contribution in [0.1, 0.15) is 37.3 Å². The molecule has 2 fully saturated rings. The van der Waals surface area contributed by atoms with Gasteiger partial charge in [0.2, 0.25) is 0 Å². The SMILES string of the molecule is COc1ccccc1[C@H](C1CCCC1)N1CCNCC1. The molecule has 1 aromatic rings. The predicted molar refractivity (Wildman–Crippen MR) is 82.1 cm³/mol. The summed E-state index contributed by atoms with van der Waals surface area (Å²) in [6.45, 7) is 4.52. The van der Waals surface area contributed by atoms with E-state index in [-0.39, 0.29) is 0 Å². The van der Waals surface area contributed by atoms with Crippen LogP contribution in [0.15, 0.2) is 24.3 Å². The highest BCUT2D eigenvalue weighted by Gasteiger charge is 2.33. The molecule has 1 atom stereocenters. The number of nitrogens with zero attached hydrogens (tertiary/aromatic N) is 1. The van der Waals surface area contributed by atoms with Crippen LogP contribution >= 0.6 is 0 Å². The van der Waals surface area contributed by atoms with Gasteiger partial charge in [-0.1, -0.05) is 31.0 Å². The zero-order valence-corrected chi connectivity index (χ0v) is 12.5. The molecule has 1 N–H and O–H groups in total. The Morgan fingerprint density at radius 2 is 1.85 bits per heavy atom. The summed E-state index contributed by atoms with van der Waals surface area (Å²) in [6.07, 6.45) is 5.52. The van der Waals surface area contributed by atoms with Crippen molar-refractivity contribution in [1.82, 2.24) is 10.2 Å². The molecule has 1 heterocycles. The third-order valence-corrected chi connectivity index (χ3v) is 4.85. The number of hydrogen-bond donors (Lipinski definition) is 1. The van der Waals surface area contributed by atoms with Crippen LogP contribution in [0.25, 0.3) is 0 Å². The van der Waals surface area contributed by atoms with Crippen molar-refractivity contribution in [3.05, 3.63) is 29.8 Å². The first-order chi connectivity index (χ1) is 9.90. The second kappa shape index (κ2) is 6.59. The van der Waals surface area contributed by atoms with Crippen LogP contribution in [-0.4, -0.2) is 38.2 Å². The molecule has 0 spiro atoms. The zero-order chi connectivity index (χ0) is 13.8. The van der Waals surface area contributed by atoms with Gasteiger partial charge < -0.3 is 10.1 Å². The molecule has 0 unspecified atom stereocenters. The van der Waals surface area contributed by atoms with Gasteiger partial charge in [0.1, 0.15) is 5.75 Å². The molecule has 3 rings (SSSR count). The van der Waals surface area contributed by atoms with Crippen LogP contribution in [0.5, 0.6) is 5.75 Å². The summed E-state index contributed by atoms with van der Waals surface area (Å²) in [5, 5.41) is 3.47. The topological polar surface area (TPSA) is 24.5 Å². The van der Waals surface area contributed by atoms with Crippen molar-refractivity contribution in [2.24, 2.45) is 5.92 Å². The molecule has 1 saturated heterocycles. The zero-order valence-electron chi connectivity index (χ0n) is 12.5. The molecule has 3 heteroatoms. The summed E-state index contributed by atoms with van der Waals surface area (Å²) in [6, 6.07) is 9.15. The van der Waals surface area contributed by atoms with Crippen LogP contribution in [-0.2, 0) is 0 Å². The molecule has 3 nitrogen and oxygen atoms in total. The second-order valence-corrected chi connectivity index (χ2v) is 6.02. The summed E-state index contributed by atoms with van der Waals surface area (Å²) >= 11 is 0. The summed E-state index contributed by atoms with van der Waals surface area (Å²) in [5.74, 6) is 1.85. The van der Waals surface area contributed by atoms with Gasteiger partial charge in [-0.05, 0) is 24.8 Å². The van der Waals surface area contributed by atoms with Gasteiger partial charge in [0, 0.05) is 37.8 Å². The summed E-state index contributed by atoms with van der Waals surface area (Å²) < 4.78 is 5.63. The van der Waals surface area contributed by atoms with Crippen molar-refractivity contribution in [2.45, 2.75) is 31.7 Å². The summed E-state index contributed by atoms with van der Waals surface area (Å²) in [5.41, 5.74) is 1.39. The van der Waals surface area contributed by atoms with Crippen LogP contribution in [0.3, 0.4) is 0 Å². The molecule has 1 saturated carbocycles. The Balaban J connectivity index is 1.90. The lowest BCUT2D eigenvalue weighted by molar-refractivity contribution is 0.123. The number of rotatable bonds is 4. The number of methoxy groups -OCH3 is 1. The lowest BCUT2D eigenvalue weighted by atomic mass is 9.89. The predicted octanol–water partition coefficient (Wildman–Crippen LogP) is 2.83. The molecule has 0 radical (unpaired) electrons. The Morgan fingerprint density at radius 1 is 1.15 bits per heavy atom. The van der Waals surface area contributed by atoms with Crippen molar-refractivity contribution in [3.8, 4) is 5.75 Å². The second-order valence-electron chi connectivity index (χ2n) is 6.02. The molecule has 1 aromatic carbocycles. The van der Waals surface area contributed by atoms with Gasteiger partial charge >= 0.3 is 0 Å². The Morgan fingerprint density at radius 3 is 2.55 bits per heavy atom. The smallest absolute Gasteiger partial charge is 0.123 e. The van der Waals surface area contributed by atoms with Gasteiger partial charge in [-0.2, -0.15) is 0 Å². The van der Waals surface area contributed by atoms with Crippen molar-refractivity contribution in [2.75, 3.05) is 33.3 Å². The van der Waals surface area contributed by atoms with Crippen molar-refractivity contribution in [1.29, 1.82) is 0 Å². The molecule has 1 aliphatic heterocycles. The lowest BCUT2D eigenvalue weighted by Crippen LogP contribution is -2.46. The number of nitrogens with one attached hydrogen (secondary N) is 1. The van der Waals surface area contributed by atoms with Gasteiger partial charge in [-0.15, -0.1) is 0 Å². The highest BCUT2D eigenvalue weighted by atomic mass is 16.5. The minimum Gasteiger partial charge on any atom is -0.496 e. The quantitative estimate of drug-likeness (QED) is 0.913. The maximum absolute atomic E-state index is 5.63. The first-order valence-electron chi connectivity index (χ1n) is 7.98. The molecular formula is C17H26N2O. The van der Waals surface area contributed by atoms with Crippen molar-refractivity contribution < 1.29 is 4.74 Å². The largest absolute Gasteiger partial charge is 0.496 e. The van der Waals surface area contributed by atoms with E-state index < -0.39 is 0 Å². The molecule has 0 bridgehead atoms. The van der Waals surface area contributed by atoms with Gasteiger partial charge in [0.25, 0.3) is 0 Å². The number of benzene rings is 1. The fourth-order valence-electron chi connectivity index (χ4n) is 3.89. The van der Waals surface area contributed by atoms with Gasteiger partial charge in [0.05, 0.1) is 7.11 Å². The molecule has 20 heavy (non-hydrogen) atoms. The fraction of sp³-hybridized carbons (Fsp3) is 0.647. The van der Waals surface area contributed by atoms with Gasteiger partial charge in [-0.3, -0.25) is 4.90 Å². The van der Waals surface area contributed by atoms with E-state index in [9.17, 15) is 0 Å². The summed E-state index contributed by atoms with van der Waals surface area (Å²) in [7, 11) is 1.79. The van der Waals surface area contributed by atoms with E-state index in [1.54, 1.807) is 7.11 Å². The molecule has 1 aliphatic carbocycles. The average molecular weight is 274 g/mol. The number of para-hydroxylation sites is 1. The molecule has 110 valence electrons. The minimum atomic E-state index is 0.538. The van der Waals surface area contributed by atoms with Crippen LogP contribution in [0, 0.1) is 5.92 Å². The number of ether oxygens (including phenoxy) is 1. The summed E-state index contributed by atoms with van der Waals surface area (Å²) in [4.78, 5) is 2.67. The van der Waals surface area contributed by atoms with E-state index in [0.717, 1.165) is 37.8 Å². The third-order valence-electron chi connectivity index (χ3n) is 4.85.